The highest BCUT2D eigenvalue weighted by atomic mass is 19.4. The van der Waals surface area contributed by atoms with E-state index in [9.17, 15) is 13.2 Å². The highest BCUT2D eigenvalue weighted by molar-refractivity contribution is 5.44. The summed E-state index contributed by atoms with van der Waals surface area (Å²) < 4.78 is 48.8. The van der Waals surface area contributed by atoms with Crippen LogP contribution in [0.25, 0.3) is 0 Å². The lowest BCUT2D eigenvalue weighted by Crippen LogP contribution is -2.12. The predicted octanol–water partition coefficient (Wildman–Crippen LogP) is 5.13. The molecule has 26 heavy (non-hydrogen) atoms. The van der Waals surface area contributed by atoms with E-state index >= 15 is 0 Å². The maximum Gasteiger partial charge on any atom is 0.416 e. The van der Waals surface area contributed by atoms with Crippen molar-refractivity contribution in [2.24, 2.45) is 5.73 Å². The number of ether oxygens (including phenoxy) is 2. The monoisotopic (exact) mass is 367 g/mol. The van der Waals surface area contributed by atoms with E-state index in [1.807, 2.05) is 32.0 Å². The molecule has 1 unspecified atom stereocenters. The molecule has 1 atom stereocenters. The number of methoxy groups -OCH3 is 1. The van der Waals surface area contributed by atoms with Crippen LogP contribution in [0.5, 0.6) is 11.5 Å². The molecule has 0 heterocycles. The summed E-state index contributed by atoms with van der Waals surface area (Å²) in [5, 5.41) is 0. The molecule has 2 aromatic rings. The SMILES string of the molecule is COc1cc(C(N)CCc2ccc(C(F)(F)F)cc2)ccc1OC(C)C. The van der Waals surface area contributed by atoms with Crippen LogP contribution in [-0.4, -0.2) is 13.2 Å². The molecule has 0 aliphatic carbocycles. The molecule has 0 aliphatic heterocycles. The number of hydrogen-bond donors (Lipinski definition) is 1. The second-order valence-corrected chi connectivity index (χ2v) is 6.42. The van der Waals surface area contributed by atoms with Gasteiger partial charge in [-0.25, -0.2) is 0 Å². The van der Waals surface area contributed by atoms with Crippen molar-refractivity contribution < 1.29 is 22.6 Å². The summed E-state index contributed by atoms with van der Waals surface area (Å²) in [6.07, 6.45) is -3.08. The van der Waals surface area contributed by atoms with E-state index in [-0.39, 0.29) is 12.1 Å². The molecule has 0 bridgehead atoms. The molecule has 2 N–H and O–H groups in total. The van der Waals surface area contributed by atoms with Crippen molar-refractivity contribution in [3.05, 3.63) is 59.2 Å². The van der Waals surface area contributed by atoms with Crippen LogP contribution in [0.15, 0.2) is 42.5 Å². The Morgan fingerprint density at radius 1 is 1.00 bits per heavy atom. The number of aryl methyl sites for hydroxylation is 1. The van der Waals surface area contributed by atoms with Crippen molar-refractivity contribution in [2.75, 3.05) is 7.11 Å². The van der Waals surface area contributed by atoms with E-state index in [1.165, 1.54) is 12.1 Å². The van der Waals surface area contributed by atoms with Gasteiger partial charge < -0.3 is 15.2 Å². The first-order valence-electron chi connectivity index (χ1n) is 8.47. The third-order valence-electron chi connectivity index (χ3n) is 4.00. The molecule has 0 saturated heterocycles. The van der Waals surface area contributed by atoms with Gasteiger partial charge in [-0.15, -0.1) is 0 Å². The lowest BCUT2D eigenvalue weighted by molar-refractivity contribution is -0.137. The average Bonchev–Trinajstić information content (AvgIpc) is 2.59. The zero-order chi connectivity index (χ0) is 19.3. The lowest BCUT2D eigenvalue weighted by atomic mass is 9.98. The van der Waals surface area contributed by atoms with Gasteiger partial charge in [0.15, 0.2) is 11.5 Å². The Kier molecular flexibility index (Phi) is 6.53. The Labute approximate surface area is 151 Å². The second kappa shape index (κ2) is 8.45. The molecule has 0 aromatic heterocycles. The van der Waals surface area contributed by atoms with Crippen molar-refractivity contribution in [3.8, 4) is 11.5 Å². The molecule has 0 spiro atoms. The fourth-order valence-corrected chi connectivity index (χ4v) is 2.62. The van der Waals surface area contributed by atoms with Gasteiger partial charge >= 0.3 is 6.18 Å². The summed E-state index contributed by atoms with van der Waals surface area (Å²) >= 11 is 0. The maximum atomic E-state index is 12.6. The first-order chi connectivity index (χ1) is 12.2. The summed E-state index contributed by atoms with van der Waals surface area (Å²) in [6.45, 7) is 3.87. The topological polar surface area (TPSA) is 44.5 Å². The Hall–Kier alpha value is -2.21. The second-order valence-electron chi connectivity index (χ2n) is 6.42. The first kappa shape index (κ1) is 20.1. The van der Waals surface area contributed by atoms with Crippen molar-refractivity contribution in [1.29, 1.82) is 0 Å². The van der Waals surface area contributed by atoms with Gasteiger partial charge in [-0.1, -0.05) is 18.2 Å². The van der Waals surface area contributed by atoms with E-state index in [0.717, 1.165) is 23.3 Å². The van der Waals surface area contributed by atoms with E-state index in [4.69, 9.17) is 15.2 Å². The summed E-state index contributed by atoms with van der Waals surface area (Å²) in [5.74, 6) is 1.27. The van der Waals surface area contributed by atoms with Gasteiger partial charge in [0.05, 0.1) is 18.8 Å². The molecule has 3 nitrogen and oxygen atoms in total. The molecular formula is C20H24F3NO2. The highest BCUT2D eigenvalue weighted by Gasteiger charge is 2.29. The number of halogens is 3. The van der Waals surface area contributed by atoms with Crippen molar-refractivity contribution in [1.82, 2.24) is 0 Å². The van der Waals surface area contributed by atoms with E-state index in [2.05, 4.69) is 0 Å². The third-order valence-corrected chi connectivity index (χ3v) is 4.00. The zero-order valence-corrected chi connectivity index (χ0v) is 15.1. The van der Waals surface area contributed by atoms with Crippen LogP contribution in [0.2, 0.25) is 0 Å². The molecular weight excluding hydrogens is 343 g/mol. The summed E-state index contributed by atoms with van der Waals surface area (Å²) in [5.41, 5.74) is 7.31. The van der Waals surface area contributed by atoms with Gasteiger partial charge in [-0.2, -0.15) is 13.2 Å². The normalized spacial score (nSPS) is 12.9. The number of alkyl halides is 3. The van der Waals surface area contributed by atoms with Gasteiger partial charge in [0.2, 0.25) is 0 Å². The zero-order valence-electron chi connectivity index (χ0n) is 15.1. The van der Waals surface area contributed by atoms with Crippen molar-refractivity contribution >= 4 is 0 Å². The number of benzene rings is 2. The fraction of sp³-hybridized carbons (Fsp3) is 0.400. The predicted molar refractivity (Wildman–Crippen MR) is 95.5 cm³/mol. The minimum atomic E-state index is -4.31. The molecule has 0 aliphatic rings. The van der Waals surface area contributed by atoms with Crippen LogP contribution in [0.4, 0.5) is 13.2 Å². The minimum absolute atomic E-state index is 0.0306. The van der Waals surface area contributed by atoms with Gasteiger partial charge in [0.25, 0.3) is 0 Å². The van der Waals surface area contributed by atoms with E-state index < -0.39 is 11.7 Å². The first-order valence-corrected chi connectivity index (χ1v) is 8.47. The largest absolute Gasteiger partial charge is 0.493 e. The Morgan fingerprint density at radius 2 is 1.65 bits per heavy atom. The smallest absolute Gasteiger partial charge is 0.416 e. The molecule has 0 radical (unpaired) electrons. The molecule has 0 fully saturated rings. The minimum Gasteiger partial charge on any atom is -0.493 e. The van der Waals surface area contributed by atoms with Crippen LogP contribution < -0.4 is 15.2 Å². The van der Waals surface area contributed by atoms with Crippen molar-refractivity contribution in [3.63, 3.8) is 0 Å². The Morgan fingerprint density at radius 3 is 2.19 bits per heavy atom. The van der Waals surface area contributed by atoms with Gasteiger partial charge in [0.1, 0.15) is 0 Å². The maximum absolute atomic E-state index is 12.6. The van der Waals surface area contributed by atoms with Crippen LogP contribution in [0, 0.1) is 0 Å². The molecule has 6 heteroatoms. The van der Waals surface area contributed by atoms with Gasteiger partial charge in [-0.3, -0.25) is 0 Å². The molecule has 0 saturated carbocycles. The van der Waals surface area contributed by atoms with Crippen LogP contribution in [0.1, 0.15) is 43.0 Å². The quantitative estimate of drug-likeness (QED) is 0.737. The van der Waals surface area contributed by atoms with Gasteiger partial charge in [-0.05, 0) is 62.1 Å². The lowest BCUT2D eigenvalue weighted by Gasteiger charge is -2.17. The molecule has 142 valence electrons. The van der Waals surface area contributed by atoms with Gasteiger partial charge in [0, 0.05) is 6.04 Å². The summed E-state index contributed by atoms with van der Waals surface area (Å²) in [6, 6.07) is 10.5. The number of hydrogen-bond acceptors (Lipinski definition) is 3. The van der Waals surface area contributed by atoms with E-state index in [1.54, 1.807) is 7.11 Å². The summed E-state index contributed by atoms with van der Waals surface area (Å²) in [7, 11) is 1.57. The fourth-order valence-electron chi connectivity index (χ4n) is 2.62. The summed E-state index contributed by atoms with van der Waals surface area (Å²) in [4.78, 5) is 0. The number of rotatable bonds is 7. The van der Waals surface area contributed by atoms with E-state index in [0.29, 0.717) is 24.3 Å². The van der Waals surface area contributed by atoms with Crippen LogP contribution in [-0.2, 0) is 12.6 Å². The number of nitrogens with two attached hydrogens (primary N) is 1. The Balaban J connectivity index is 2.02. The standard InChI is InChI=1S/C20H24F3NO2/c1-13(2)26-18-11-7-15(12-19(18)25-3)17(24)10-6-14-4-8-16(9-5-14)20(21,22)23/h4-5,7-9,11-13,17H,6,10,24H2,1-3H3. The average molecular weight is 367 g/mol. The van der Waals surface area contributed by atoms with Crippen molar-refractivity contribution in [2.45, 2.75) is 45.0 Å². The third kappa shape index (κ3) is 5.39. The van der Waals surface area contributed by atoms with Crippen LogP contribution in [0.3, 0.4) is 0 Å². The molecule has 2 rings (SSSR count). The highest BCUT2D eigenvalue weighted by Crippen LogP contribution is 2.32. The molecule has 0 amide bonds. The Bertz CT molecular complexity index is 712. The molecule has 2 aromatic carbocycles. The van der Waals surface area contributed by atoms with Crippen LogP contribution >= 0.6 is 0 Å².